The van der Waals surface area contributed by atoms with E-state index in [1.807, 2.05) is 12.1 Å². The molecule has 1 amide bonds. The summed E-state index contributed by atoms with van der Waals surface area (Å²) < 4.78 is 7.35. The SMILES string of the molecule is Cn1c(=O)oc2cc(C(=O)Nc3cccc(Br)c3)ccc21. The standard InChI is InChI=1S/C15H11BrN2O3/c1-18-12-6-5-9(7-13(12)21-15(18)20)14(19)17-11-4-2-3-10(16)8-11/h2-8H,1H3,(H,17,19). The summed E-state index contributed by atoms with van der Waals surface area (Å²) in [6.45, 7) is 0. The minimum absolute atomic E-state index is 0.262. The number of benzene rings is 2. The molecule has 2 aromatic carbocycles. The molecule has 1 N–H and O–H groups in total. The molecule has 0 aliphatic carbocycles. The summed E-state index contributed by atoms with van der Waals surface area (Å²) >= 11 is 3.35. The van der Waals surface area contributed by atoms with Gasteiger partial charge in [0.25, 0.3) is 5.91 Å². The van der Waals surface area contributed by atoms with Gasteiger partial charge in [-0.25, -0.2) is 4.79 Å². The minimum atomic E-state index is -0.449. The van der Waals surface area contributed by atoms with Crippen LogP contribution in [0.25, 0.3) is 11.1 Å². The number of halogens is 1. The van der Waals surface area contributed by atoms with E-state index in [0.717, 1.165) is 4.47 Å². The van der Waals surface area contributed by atoms with Gasteiger partial charge in [0.05, 0.1) is 5.52 Å². The summed E-state index contributed by atoms with van der Waals surface area (Å²) in [5.74, 6) is -0.712. The van der Waals surface area contributed by atoms with Crippen LogP contribution in [0.4, 0.5) is 5.69 Å². The van der Waals surface area contributed by atoms with Gasteiger partial charge >= 0.3 is 5.76 Å². The van der Waals surface area contributed by atoms with Crippen LogP contribution in [-0.2, 0) is 7.05 Å². The summed E-state index contributed by atoms with van der Waals surface area (Å²) in [5, 5.41) is 2.79. The molecular weight excluding hydrogens is 336 g/mol. The third-order valence-electron chi connectivity index (χ3n) is 3.14. The molecular formula is C15H11BrN2O3. The zero-order valence-electron chi connectivity index (χ0n) is 11.1. The molecule has 1 heterocycles. The number of hydrogen-bond acceptors (Lipinski definition) is 3. The maximum Gasteiger partial charge on any atom is 0.419 e. The van der Waals surface area contributed by atoms with Crippen molar-refractivity contribution in [1.29, 1.82) is 0 Å². The van der Waals surface area contributed by atoms with Crippen LogP contribution < -0.4 is 11.1 Å². The van der Waals surface area contributed by atoms with Gasteiger partial charge in [0.15, 0.2) is 5.58 Å². The minimum Gasteiger partial charge on any atom is -0.408 e. The van der Waals surface area contributed by atoms with E-state index in [2.05, 4.69) is 21.2 Å². The van der Waals surface area contributed by atoms with Gasteiger partial charge in [-0.05, 0) is 36.4 Å². The number of oxazole rings is 1. The molecule has 0 radical (unpaired) electrons. The first-order valence-corrected chi connectivity index (χ1v) is 7.00. The summed E-state index contributed by atoms with van der Waals surface area (Å²) in [5.41, 5.74) is 2.16. The zero-order valence-corrected chi connectivity index (χ0v) is 12.7. The van der Waals surface area contributed by atoms with Gasteiger partial charge in [-0.2, -0.15) is 0 Å². The van der Waals surface area contributed by atoms with Crippen LogP contribution >= 0.6 is 15.9 Å². The normalized spacial score (nSPS) is 10.8. The second kappa shape index (κ2) is 5.21. The van der Waals surface area contributed by atoms with E-state index in [0.29, 0.717) is 22.4 Å². The highest BCUT2D eigenvalue weighted by atomic mass is 79.9. The number of hydrogen-bond donors (Lipinski definition) is 1. The summed E-state index contributed by atoms with van der Waals surface area (Å²) in [6, 6.07) is 12.2. The van der Waals surface area contributed by atoms with Gasteiger partial charge in [0, 0.05) is 22.8 Å². The maximum atomic E-state index is 12.2. The van der Waals surface area contributed by atoms with Crippen LogP contribution in [0, 0.1) is 0 Å². The molecule has 0 unspecified atom stereocenters. The number of carbonyl (C=O) groups is 1. The lowest BCUT2D eigenvalue weighted by Gasteiger charge is -2.05. The number of aromatic nitrogens is 1. The van der Waals surface area contributed by atoms with Crippen molar-refractivity contribution in [2.75, 3.05) is 5.32 Å². The third-order valence-corrected chi connectivity index (χ3v) is 3.63. The Morgan fingerprint density at radius 1 is 1.24 bits per heavy atom. The lowest BCUT2D eigenvalue weighted by atomic mass is 10.2. The van der Waals surface area contributed by atoms with Crippen molar-refractivity contribution in [1.82, 2.24) is 4.57 Å². The fourth-order valence-electron chi connectivity index (χ4n) is 2.04. The summed E-state index contributed by atoms with van der Waals surface area (Å²) in [7, 11) is 1.62. The number of rotatable bonds is 2. The van der Waals surface area contributed by atoms with E-state index in [1.54, 1.807) is 37.4 Å². The van der Waals surface area contributed by atoms with E-state index in [4.69, 9.17) is 4.42 Å². The van der Waals surface area contributed by atoms with Crippen molar-refractivity contribution in [2.24, 2.45) is 7.05 Å². The fourth-order valence-corrected chi connectivity index (χ4v) is 2.44. The van der Waals surface area contributed by atoms with Gasteiger partial charge in [0.1, 0.15) is 0 Å². The number of fused-ring (bicyclic) bond motifs is 1. The van der Waals surface area contributed by atoms with Crippen LogP contribution in [-0.4, -0.2) is 10.5 Å². The molecule has 0 saturated carbocycles. The fraction of sp³-hybridized carbons (Fsp3) is 0.0667. The van der Waals surface area contributed by atoms with E-state index in [1.165, 1.54) is 4.57 Å². The van der Waals surface area contributed by atoms with Crippen LogP contribution in [0.2, 0.25) is 0 Å². The van der Waals surface area contributed by atoms with Gasteiger partial charge in [0.2, 0.25) is 0 Å². The number of anilines is 1. The highest BCUT2D eigenvalue weighted by Gasteiger charge is 2.11. The molecule has 1 aromatic heterocycles. The number of carbonyl (C=O) groups excluding carboxylic acids is 1. The smallest absolute Gasteiger partial charge is 0.408 e. The lowest BCUT2D eigenvalue weighted by Crippen LogP contribution is -2.11. The molecule has 21 heavy (non-hydrogen) atoms. The quantitative estimate of drug-likeness (QED) is 0.775. The molecule has 0 fully saturated rings. The Morgan fingerprint density at radius 3 is 2.81 bits per heavy atom. The first-order valence-electron chi connectivity index (χ1n) is 6.21. The van der Waals surface area contributed by atoms with Crippen molar-refractivity contribution in [3.05, 3.63) is 63.1 Å². The number of aryl methyl sites for hydroxylation is 1. The van der Waals surface area contributed by atoms with Crippen LogP contribution in [0.3, 0.4) is 0 Å². The first-order chi connectivity index (χ1) is 10.0. The molecule has 5 nitrogen and oxygen atoms in total. The van der Waals surface area contributed by atoms with Gasteiger partial charge in [-0.3, -0.25) is 9.36 Å². The molecule has 0 bridgehead atoms. The average molecular weight is 347 g/mol. The van der Waals surface area contributed by atoms with Gasteiger partial charge in [-0.1, -0.05) is 22.0 Å². The monoisotopic (exact) mass is 346 g/mol. The van der Waals surface area contributed by atoms with Crippen LogP contribution in [0.5, 0.6) is 0 Å². The van der Waals surface area contributed by atoms with Crippen molar-refractivity contribution in [3.8, 4) is 0 Å². The molecule has 0 aliphatic rings. The molecule has 106 valence electrons. The summed E-state index contributed by atoms with van der Waals surface area (Å²) in [6.07, 6.45) is 0. The van der Waals surface area contributed by atoms with Crippen molar-refractivity contribution >= 4 is 38.6 Å². The maximum absolute atomic E-state index is 12.2. The topological polar surface area (TPSA) is 64.2 Å². The van der Waals surface area contributed by atoms with E-state index in [-0.39, 0.29) is 5.91 Å². The van der Waals surface area contributed by atoms with E-state index < -0.39 is 5.76 Å². The van der Waals surface area contributed by atoms with Gasteiger partial charge in [-0.15, -0.1) is 0 Å². The lowest BCUT2D eigenvalue weighted by molar-refractivity contribution is 0.102. The zero-order chi connectivity index (χ0) is 15.0. The van der Waals surface area contributed by atoms with E-state index >= 15 is 0 Å². The Labute approximate surface area is 128 Å². The Bertz CT molecular complexity index is 895. The Hall–Kier alpha value is -2.34. The molecule has 6 heteroatoms. The van der Waals surface area contributed by atoms with Crippen LogP contribution in [0.15, 0.2) is 56.1 Å². The number of nitrogens with one attached hydrogen (secondary N) is 1. The Kier molecular flexibility index (Phi) is 3.39. The van der Waals surface area contributed by atoms with Crippen LogP contribution in [0.1, 0.15) is 10.4 Å². The molecule has 3 aromatic rings. The predicted octanol–water partition coefficient (Wildman–Crippen LogP) is 3.15. The average Bonchev–Trinajstić information content (AvgIpc) is 2.73. The molecule has 0 aliphatic heterocycles. The van der Waals surface area contributed by atoms with Crippen molar-refractivity contribution < 1.29 is 9.21 Å². The molecule has 0 spiro atoms. The Balaban J connectivity index is 1.93. The second-order valence-corrected chi connectivity index (χ2v) is 5.49. The van der Waals surface area contributed by atoms with E-state index in [9.17, 15) is 9.59 Å². The summed E-state index contributed by atoms with van der Waals surface area (Å²) in [4.78, 5) is 23.6. The highest BCUT2D eigenvalue weighted by Crippen LogP contribution is 2.18. The molecule has 3 rings (SSSR count). The van der Waals surface area contributed by atoms with Crippen molar-refractivity contribution in [3.63, 3.8) is 0 Å². The van der Waals surface area contributed by atoms with Crippen molar-refractivity contribution in [2.45, 2.75) is 0 Å². The largest absolute Gasteiger partial charge is 0.419 e. The van der Waals surface area contributed by atoms with Gasteiger partial charge < -0.3 is 9.73 Å². The molecule has 0 saturated heterocycles. The second-order valence-electron chi connectivity index (χ2n) is 4.57. The first kappa shape index (κ1) is 13.6. The predicted molar refractivity (Wildman–Crippen MR) is 83.6 cm³/mol. The number of nitrogens with zero attached hydrogens (tertiary/aromatic N) is 1. The molecule has 0 atom stereocenters. The number of amides is 1. The highest BCUT2D eigenvalue weighted by molar-refractivity contribution is 9.10. The third kappa shape index (κ3) is 2.62. The Morgan fingerprint density at radius 2 is 2.05 bits per heavy atom.